The molecule has 0 unspecified atom stereocenters. The lowest BCUT2D eigenvalue weighted by Gasteiger charge is -2.36. The van der Waals surface area contributed by atoms with Crippen LogP contribution in [-0.2, 0) is 11.0 Å². The van der Waals surface area contributed by atoms with E-state index >= 15 is 0 Å². The molecule has 0 aromatic carbocycles. The maximum absolute atomic E-state index is 13.3. The number of nitrogens with one attached hydrogen (secondary N) is 1. The van der Waals surface area contributed by atoms with Gasteiger partial charge >= 0.3 is 6.18 Å². The van der Waals surface area contributed by atoms with Crippen LogP contribution < -0.4 is 10.2 Å². The molecule has 3 heterocycles. The van der Waals surface area contributed by atoms with Gasteiger partial charge in [-0.15, -0.1) is 0 Å². The van der Waals surface area contributed by atoms with E-state index in [0.717, 1.165) is 45.0 Å². The Balaban J connectivity index is 1.59. The number of hydrogen-bond acceptors (Lipinski definition) is 4. The number of likely N-dealkylation sites (tertiary alicyclic amines) is 1. The topological polar surface area (TPSA) is 48.5 Å². The molecule has 3 rings (SSSR count). The SMILES string of the molecule is CCCN1CCC(NC(=O)[C@H]2CCCN(c3ncccc3C(F)(F)F)C2)CC1. The minimum Gasteiger partial charge on any atom is -0.355 e. The minimum absolute atomic E-state index is 0.0388. The van der Waals surface area contributed by atoms with Crippen LogP contribution in [0, 0.1) is 5.92 Å². The van der Waals surface area contributed by atoms with Crippen LogP contribution >= 0.6 is 0 Å². The van der Waals surface area contributed by atoms with Gasteiger partial charge in [-0.3, -0.25) is 4.79 Å². The number of carbonyl (C=O) groups excluding carboxylic acids is 1. The molecule has 1 aromatic rings. The van der Waals surface area contributed by atoms with E-state index in [4.69, 9.17) is 0 Å². The molecule has 1 amide bonds. The summed E-state index contributed by atoms with van der Waals surface area (Å²) in [5.74, 6) is -0.408. The lowest BCUT2D eigenvalue weighted by Crippen LogP contribution is -2.49. The summed E-state index contributed by atoms with van der Waals surface area (Å²) in [6.07, 6.45) is 1.29. The van der Waals surface area contributed by atoms with Crippen molar-refractivity contribution in [2.75, 3.05) is 37.6 Å². The van der Waals surface area contributed by atoms with Crippen LogP contribution in [0.1, 0.15) is 44.6 Å². The number of pyridine rings is 1. The van der Waals surface area contributed by atoms with Crippen LogP contribution in [0.15, 0.2) is 18.3 Å². The van der Waals surface area contributed by atoms with Gasteiger partial charge in [0.2, 0.25) is 5.91 Å². The molecule has 1 aromatic heterocycles. The van der Waals surface area contributed by atoms with Crippen LogP contribution in [0.4, 0.5) is 19.0 Å². The van der Waals surface area contributed by atoms with Gasteiger partial charge in [0.1, 0.15) is 5.82 Å². The van der Waals surface area contributed by atoms with Crippen molar-refractivity contribution in [3.05, 3.63) is 23.9 Å². The Morgan fingerprint density at radius 3 is 2.68 bits per heavy atom. The number of halogens is 3. The quantitative estimate of drug-likeness (QED) is 0.827. The van der Waals surface area contributed by atoms with Gasteiger partial charge < -0.3 is 15.1 Å². The number of carbonyl (C=O) groups is 1. The molecule has 2 aliphatic heterocycles. The van der Waals surface area contributed by atoms with Gasteiger partial charge in [-0.25, -0.2) is 4.98 Å². The first kappa shape index (κ1) is 20.9. The monoisotopic (exact) mass is 398 g/mol. The Kier molecular flexibility index (Phi) is 6.80. The zero-order valence-corrected chi connectivity index (χ0v) is 16.3. The fourth-order valence-electron chi connectivity index (χ4n) is 4.19. The predicted molar refractivity (Wildman–Crippen MR) is 102 cm³/mol. The molecule has 8 heteroatoms. The molecule has 0 radical (unpaired) electrons. The Bertz CT molecular complexity index is 659. The van der Waals surface area contributed by atoms with Crippen molar-refractivity contribution in [3.8, 4) is 0 Å². The molecule has 1 atom stereocenters. The van der Waals surface area contributed by atoms with Crippen molar-refractivity contribution in [1.29, 1.82) is 0 Å². The number of aromatic nitrogens is 1. The van der Waals surface area contributed by atoms with Crippen molar-refractivity contribution in [2.45, 2.75) is 51.2 Å². The van der Waals surface area contributed by atoms with E-state index in [0.29, 0.717) is 19.4 Å². The molecule has 28 heavy (non-hydrogen) atoms. The maximum atomic E-state index is 13.3. The summed E-state index contributed by atoms with van der Waals surface area (Å²) in [5.41, 5.74) is -0.737. The van der Waals surface area contributed by atoms with Crippen molar-refractivity contribution in [1.82, 2.24) is 15.2 Å². The third-order valence-electron chi connectivity index (χ3n) is 5.66. The Labute approximate surface area is 164 Å². The predicted octanol–water partition coefficient (Wildman–Crippen LogP) is 3.31. The first-order valence-electron chi connectivity index (χ1n) is 10.2. The first-order valence-corrected chi connectivity index (χ1v) is 10.2. The number of anilines is 1. The van der Waals surface area contributed by atoms with Crippen LogP contribution in [0.2, 0.25) is 0 Å². The number of amides is 1. The van der Waals surface area contributed by atoms with Gasteiger partial charge in [0, 0.05) is 38.4 Å². The number of alkyl halides is 3. The van der Waals surface area contributed by atoms with E-state index in [-0.39, 0.29) is 30.2 Å². The van der Waals surface area contributed by atoms with Gasteiger partial charge in [0.15, 0.2) is 0 Å². The Hall–Kier alpha value is -1.83. The molecule has 2 fully saturated rings. The number of nitrogens with zero attached hydrogens (tertiary/aromatic N) is 3. The zero-order valence-electron chi connectivity index (χ0n) is 16.3. The van der Waals surface area contributed by atoms with E-state index in [1.165, 1.54) is 12.3 Å². The molecule has 1 N–H and O–H groups in total. The van der Waals surface area contributed by atoms with Gasteiger partial charge in [-0.05, 0) is 50.8 Å². The van der Waals surface area contributed by atoms with Crippen LogP contribution in [-0.4, -0.2) is 54.6 Å². The maximum Gasteiger partial charge on any atom is 0.419 e. The highest BCUT2D eigenvalue weighted by atomic mass is 19.4. The molecule has 2 aliphatic rings. The largest absolute Gasteiger partial charge is 0.419 e. The highest BCUT2D eigenvalue weighted by Gasteiger charge is 2.37. The molecular formula is C20H29F3N4O. The van der Waals surface area contributed by atoms with Crippen molar-refractivity contribution < 1.29 is 18.0 Å². The summed E-state index contributed by atoms with van der Waals surface area (Å²) >= 11 is 0. The second-order valence-electron chi connectivity index (χ2n) is 7.78. The molecular weight excluding hydrogens is 369 g/mol. The summed E-state index contributed by atoms with van der Waals surface area (Å²) in [5, 5.41) is 3.13. The standard InChI is InChI=1S/C20H29F3N4O/c1-2-10-26-12-7-16(8-13-26)25-19(28)15-5-4-11-27(14-15)18-17(20(21,22)23)6-3-9-24-18/h3,6,9,15-16H,2,4-5,7-8,10-14H2,1H3,(H,25,28)/t15-/m0/s1. The highest BCUT2D eigenvalue weighted by molar-refractivity contribution is 5.80. The number of piperidine rings is 2. The van der Waals surface area contributed by atoms with E-state index in [9.17, 15) is 18.0 Å². The van der Waals surface area contributed by atoms with Crippen LogP contribution in [0.25, 0.3) is 0 Å². The van der Waals surface area contributed by atoms with Gasteiger partial charge in [-0.2, -0.15) is 13.2 Å². The van der Waals surface area contributed by atoms with E-state index in [1.807, 2.05) is 0 Å². The van der Waals surface area contributed by atoms with Crippen molar-refractivity contribution in [2.24, 2.45) is 5.92 Å². The molecule has 0 bridgehead atoms. The molecule has 0 spiro atoms. The number of rotatable bonds is 5. The average Bonchev–Trinajstić information content (AvgIpc) is 2.69. The lowest BCUT2D eigenvalue weighted by molar-refractivity contribution is -0.137. The normalized spacial score (nSPS) is 22.3. The lowest BCUT2D eigenvalue weighted by atomic mass is 9.95. The van der Waals surface area contributed by atoms with E-state index < -0.39 is 11.7 Å². The second kappa shape index (κ2) is 9.11. The minimum atomic E-state index is -4.45. The van der Waals surface area contributed by atoms with Crippen molar-refractivity contribution in [3.63, 3.8) is 0 Å². The Morgan fingerprint density at radius 1 is 1.25 bits per heavy atom. The summed E-state index contributed by atoms with van der Waals surface area (Å²) in [7, 11) is 0. The fourth-order valence-corrected chi connectivity index (χ4v) is 4.19. The molecule has 156 valence electrons. The Morgan fingerprint density at radius 2 is 2.00 bits per heavy atom. The third kappa shape index (κ3) is 5.16. The van der Waals surface area contributed by atoms with Gasteiger partial charge in [0.05, 0.1) is 11.5 Å². The van der Waals surface area contributed by atoms with Crippen LogP contribution in [0.3, 0.4) is 0 Å². The van der Waals surface area contributed by atoms with Crippen molar-refractivity contribution >= 4 is 11.7 Å². The summed E-state index contributed by atoms with van der Waals surface area (Å²) in [4.78, 5) is 20.7. The second-order valence-corrected chi connectivity index (χ2v) is 7.78. The van der Waals surface area contributed by atoms with Crippen LogP contribution in [0.5, 0.6) is 0 Å². The molecule has 0 saturated carbocycles. The summed E-state index contributed by atoms with van der Waals surface area (Å²) < 4.78 is 39.9. The van der Waals surface area contributed by atoms with Gasteiger partial charge in [-0.1, -0.05) is 6.92 Å². The smallest absolute Gasteiger partial charge is 0.355 e. The third-order valence-corrected chi connectivity index (χ3v) is 5.66. The molecule has 0 aliphatic carbocycles. The first-order chi connectivity index (χ1) is 13.4. The van der Waals surface area contributed by atoms with E-state index in [1.54, 1.807) is 4.90 Å². The van der Waals surface area contributed by atoms with Gasteiger partial charge in [0.25, 0.3) is 0 Å². The average molecular weight is 398 g/mol. The zero-order chi connectivity index (χ0) is 20.1. The summed E-state index contributed by atoms with van der Waals surface area (Å²) in [6.45, 7) is 5.98. The number of hydrogen-bond donors (Lipinski definition) is 1. The molecule has 5 nitrogen and oxygen atoms in total. The summed E-state index contributed by atoms with van der Waals surface area (Å²) in [6, 6.07) is 2.51. The molecule has 2 saturated heterocycles. The van der Waals surface area contributed by atoms with E-state index in [2.05, 4.69) is 22.1 Å². The highest BCUT2D eigenvalue weighted by Crippen LogP contribution is 2.36. The fraction of sp³-hybridized carbons (Fsp3) is 0.700.